The number of hydrogen-bond donors (Lipinski definition) is 1. The van der Waals surface area contributed by atoms with E-state index in [1.54, 1.807) is 12.1 Å². The zero-order chi connectivity index (χ0) is 19.5. The maximum atomic E-state index is 12.9. The highest BCUT2D eigenvalue weighted by molar-refractivity contribution is 6.23. The van der Waals surface area contributed by atoms with Crippen LogP contribution in [0, 0.1) is 0 Å². The summed E-state index contributed by atoms with van der Waals surface area (Å²) >= 11 is 0. The number of benzene rings is 2. The lowest BCUT2D eigenvalue weighted by atomic mass is 9.89. The number of esters is 1. The van der Waals surface area contributed by atoms with Gasteiger partial charge in [0.15, 0.2) is 0 Å². The number of methoxy groups -OCH3 is 1. The fraction of sp³-hybridized carbons (Fsp3) is 0.348. The molecule has 1 heterocycles. The van der Waals surface area contributed by atoms with Crippen molar-refractivity contribution in [2.75, 3.05) is 12.4 Å². The van der Waals surface area contributed by atoms with Crippen molar-refractivity contribution >= 4 is 23.3 Å². The summed E-state index contributed by atoms with van der Waals surface area (Å²) in [5.41, 5.74) is 3.72. The molecular weight excluding hydrogens is 352 g/mol. The number of rotatable bonds is 4. The van der Waals surface area contributed by atoms with Gasteiger partial charge in [-0.2, -0.15) is 0 Å². The predicted molar refractivity (Wildman–Crippen MR) is 109 cm³/mol. The normalized spacial score (nSPS) is 19.8. The molecule has 1 fully saturated rings. The largest absolute Gasteiger partial charge is 0.465 e. The van der Waals surface area contributed by atoms with Crippen LogP contribution in [0.5, 0.6) is 0 Å². The molecule has 0 aromatic heterocycles. The van der Waals surface area contributed by atoms with Crippen molar-refractivity contribution in [2.24, 2.45) is 4.99 Å². The average molecular weight is 376 g/mol. The molecule has 5 heteroatoms. The average Bonchev–Trinajstić information content (AvgIpc) is 3.07. The molecule has 1 N–H and O–H groups in total. The molecule has 0 bridgehead atoms. The standard InChI is InChI=1S/C23H24N2O3/c1-28-23(27)16-12-13-18-19(14-16)25-22(26)20(18)21(15-8-4-2-5-9-15)24-17-10-6-3-7-11-17/h2,4-5,8-9,12-14,17,20H,3,6-7,10-11H2,1H3,(H,25,26). The van der Waals surface area contributed by atoms with Gasteiger partial charge in [0.1, 0.15) is 5.92 Å². The van der Waals surface area contributed by atoms with Crippen LogP contribution in [0.15, 0.2) is 53.5 Å². The Balaban J connectivity index is 1.76. The molecule has 1 saturated carbocycles. The molecule has 144 valence electrons. The molecule has 2 aromatic rings. The van der Waals surface area contributed by atoms with Gasteiger partial charge in [-0.1, -0.05) is 55.7 Å². The zero-order valence-corrected chi connectivity index (χ0v) is 16.0. The Labute approximate surface area is 164 Å². The van der Waals surface area contributed by atoms with Gasteiger partial charge in [-0.15, -0.1) is 0 Å². The number of anilines is 1. The van der Waals surface area contributed by atoms with Gasteiger partial charge in [0.25, 0.3) is 0 Å². The summed E-state index contributed by atoms with van der Waals surface area (Å²) in [6.45, 7) is 0. The summed E-state index contributed by atoms with van der Waals surface area (Å²) in [6.07, 6.45) is 5.77. The smallest absolute Gasteiger partial charge is 0.337 e. The van der Waals surface area contributed by atoms with Crippen LogP contribution in [0.2, 0.25) is 0 Å². The first-order valence-electron chi connectivity index (χ1n) is 9.83. The highest BCUT2D eigenvalue weighted by atomic mass is 16.5. The Kier molecular flexibility index (Phi) is 5.24. The van der Waals surface area contributed by atoms with Crippen LogP contribution in [0.1, 0.15) is 59.5 Å². The van der Waals surface area contributed by atoms with E-state index < -0.39 is 11.9 Å². The predicted octanol–water partition coefficient (Wildman–Crippen LogP) is 4.33. The van der Waals surface area contributed by atoms with Crippen molar-refractivity contribution in [3.63, 3.8) is 0 Å². The van der Waals surface area contributed by atoms with Crippen LogP contribution in [-0.4, -0.2) is 30.7 Å². The van der Waals surface area contributed by atoms with E-state index in [2.05, 4.69) is 5.32 Å². The Bertz CT molecular complexity index is 915. The van der Waals surface area contributed by atoms with Gasteiger partial charge in [-0.05, 0) is 36.1 Å². The van der Waals surface area contributed by atoms with Gasteiger partial charge < -0.3 is 10.1 Å². The van der Waals surface area contributed by atoms with Crippen LogP contribution in [0.3, 0.4) is 0 Å². The Morgan fingerprint density at radius 1 is 1.04 bits per heavy atom. The number of carbonyl (C=O) groups is 2. The van der Waals surface area contributed by atoms with Crippen LogP contribution < -0.4 is 5.32 Å². The number of nitrogens with one attached hydrogen (secondary N) is 1. The van der Waals surface area contributed by atoms with Crippen LogP contribution in [-0.2, 0) is 9.53 Å². The van der Waals surface area contributed by atoms with E-state index in [0.29, 0.717) is 11.3 Å². The lowest BCUT2D eigenvalue weighted by Crippen LogP contribution is -2.24. The molecule has 1 aliphatic heterocycles. The van der Waals surface area contributed by atoms with E-state index in [-0.39, 0.29) is 11.9 Å². The van der Waals surface area contributed by atoms with Crippen molar-refractivity contribution < 1.29 is 14.3 Å². The third-order valence-electron chi connectivity index (χ3n) is 5.54. The molecule has 1 amide bonds. The van der Waals surface area contributed by atoms with Crippen LogP contribution in [0.25, 0.3) is 0 Å². The van der Waals surface area contributed by atoms with E-state index in [4.69, 9.17) is 9.73 Å². The molecule has 0 saturated heterocycles. The highest BCUT2D eigenvalue weighted by Crippen LogP contribution is 2.37. The van der Waals surface area contributed by atoms with E-state index in [1.807, 2.05) is 36.4 Å². The minimum atomic E-state index is -0.467. The van der Waals surface area contributed by atoms with Gasteiger partial charge in [-0.3, -0.25) is 9.79 Å². The number of nitrogens with zero attached hydrogens (tertiary/aromatic N) is 1. The molecular formula is C23H24N2O3. The molecule has 1 aliphatic carbocycles. The van der Waals surface area contributed by atoms with E-state index in [1.165, 1.54) is 26.4 Å². The summed E-state index contributed by atoms with van der Waals surface area (Å²) in [5.74, 6) is -0.985. The van der Waals surface area contributed by atoms with Gasteiger partial charge in [0.2, 0.25) is 5.91 Å². The molecule has 0 radical (unpaired) electrons. The maximum Gasteiger partial charge on any atom is 0.337 e. The van der Waals surface area contributed by atoms with Gasteiger partial charge >= 0.3 is 5.97 Å². The number of amides is 1. The number of carbonyl (C=O) groups excluding carboxylic acids is 2. The van der Waals surface area contributed by atoms with Gasteiger partial charge in [0.05, 0.1) is 24.4 Å². The van der Waals surface area contributed by atoms with Crippen LogP contribution >= 0.6 is 0 Å². The molecule has 5 nitrogen and oxygen atoms in total. The Hall–Kier alpha value is -2.95. The summed E-state index contributed by atoms with van der Waals surface area (Å²) in [6, 6.07) is 15.4. The minimum Gasteiger partial charge on any atom is -0.465 e. The zero-order valence-electron chi connectivity index (χ0n) is 16.0. The second-order valence-electron chi connectivity index (χ2n) is 7.39. The second-order valence-corrected chi connectivity index (χ2v) is 7.39. The first-order chi connectivity index (χ1) is 13.7. The third kappa shape index (κ3) is 3.57. The fourth-order valence-electron chi connectivity index (χ4n) is 4.11. The molecule has 28 heavy (non-hydrogen) atoms. The molecule has 1 unspecified atom stereocenters. The number of hydrogen-bond acceptors (Lipinski definition) is 4. The molecule has 1 atom stereocenters. The van der Waals surface area contributed by atoms with Crippen LogP contribution in [0.4, 0.5) is 5.69 Å². The topological polar surface area (TPSA) is 67.8 Å². The molecule has 2 aliphatic rings. The second kappa shape index (κ2) is 7.97. The molecule has 4 rings (SSSR count). The molecule has 0 spiro atoms. The Morgan fingerprint density at radius 2 is 1.79 bits per heavy atom. The minimum absolute atomic E-state index is 0.101. The lowest BCUT2D eigenvalue weighted by Gasteiger charge is -2.21. The summed E-state index contributed by atoms with van der Waals surface area (Å²) in [7, 11) is 1.35. The highest BCUT2D eigenvalue weighted by Gasteiger charge is 2.36. The van der Waals surface area contributed by atoms with Crippen molar-refractivity contribution in [3.05, 3.63) is 65.2 Å². The quantitative estimate of drug-likeness (QED) is 0.638. The number of ether oxygens (including phenoxy) is 1. The monoisotopic (exact) mass is 376 g/mol. The van der Waals surface area contributed by atoms with Crippen molar-refractivity contribution in [2.45, 2.75) is 44.1 Å². The van der Waals surface area contributed by atoms with Crippen molar-refractivity contribution in [1.82, 2.24) is 0 Å². The summed E-state index contributed by atoms with van der Waals surface area (Å²) in [4.78, 5) is 29.8. The summed E-state index contributed by atoms with van der Waals surface area (Å²) in [5, 5.41) is 2.93. The van der Waals surface area contributed by atoms with Gasteiger partial charge in [0, 0.05) is 5.69 Å². The number of fused-ring (bicyclic) bond motifs is 1. The first-order valence-corrected chi connectivity index (χ1v) is 9.83. The maximum absolute atomic E-state index is 12.9. The van der Waals surface area contributed by atoms with Crippen molar-refractivity contribution in [3.8, 4) is 0 Å². The third-order valence-corrected chi connectivity index (χ3v) is 5.54. The van der Waals surface area contributed by atoms with E-state index in [9.17, 15) is 9.59 Å². The Morgan fingerprint density at radius 3 is 2.50 bits per heavy atom. The van der Waals surface area contributed by atoms with E-state index >= 15 is 0 Å². The van der Waals surface area contributed by atoms with Gasteiger partial charge in [-0.25, -0.2) is 4.79 Å². The van der Waals surface area contributed by atoms with E-state index in [0.717, 1.165) is 29.7 Å². The summed E-state index contributed by atoms with van der Waals surface area (Å²) < 4.78 is 4.79. The van der Waals surface area contributed by atoms with Crippen molar-refractivity contribution in [1.29, 1.82) is 0 Å². The number of aliphatic imine (C=N–C) groups is 1. The lowest BCUT2D eigenvalue weighted by molar-refractivity contribution is -0.115. The fourth-order valence-corrected chi connectivity index (χ4v) is 4.11. The first kappa shape index (κ1) is 18.4. The molecule has 2 aromatic carbocycles. The SMILES string of the molecule is COC(=O)c1ccc2c(c1)NC(=O)C2C(=NC1CCCCC1)c1ccccc1.